The van der Waals surface area contributed by atoms with Gasteiger partial charge in [0.15, 0.2) is 5.66 Å². The van der Waals surface area contributed by atoms with Crippen molar-refractivity contribution >= 4 is 68.9 Å². The molecule has 30 heavy (non-hydrogen) atoms. The summed E-state index contributed by atoms with van der Waals surface area (Å²) >= 11 is 19.6. The summed E-state index contributed by atoms with van der Waals surface area (Å²) in [7, 11) is 0. The van der Waals surface area contributed by atoms with Gasteiger partial charge in [-0.25, -0.2) is 4.99 Å². The lowest BCUT2D eigenvalue weighted by atomic mass is 9.90. The predicted molar refractivity (Wildman–Crippen MR) is 129 cm³/mol. The smallest absolute Gasteiger partial charge is 0.234 e. The third-order valence-corrected chi connectivity index (χ3v) is 6.93. The molecule has 2 aromatic rings. The van der Waals surface area contributed by atoms with E-state index in [-0.39, 0.29) is 17.3 Å². The van der Waals surface area contributed by atoms with Gasteiger partial charge in [0.05, 0.1) is 22.2 Å². The van der Waals surface area contributed by atoms with Gasteiger partial charge in [0.1, 0.15) is 5.04 Å². The number of anilines is 1. The highest BCUT2D eigenvalue weighted by atomic mass is 35.5. The van der Waals surface area contributed by atoms with E-state index in [0.29, 0.717) is 20.8 Å². The molecule has 2 aromatic carbocycles. The number of hydrogen-bond acceptors (Lipinski definition) is 4. The summed E-state index contributed by atoms with van der Waals surface area (Å²) in [5.41, 5.74) is 1.92. The molecule has 1 aliphatic carbocycles. The predicted octanol–water partition coefficient (Wildman–Crippen LogP) is 6.88. The number of rotatable bonds is 4. The number of hydrogen-bond donors (Lipinski definition) is 1. The molecule has 8 heteroatoms. The van der Waals surface area contributed by atoms with Crippen LogP contribution in [-0.4, -0.2) is 28.1 Å². The molecule has 1 fully saturated rings. The molecule has 1 saturated carbocycles. The Morgan fingerprint density at radius 1 is 0.967 bits per heavy atom. The van der Waals surface area contributed by atoms with Gasteiger partial charge in [-0.1, -0.05) is 65.1 Å². The van der Waals surface area contributed by atoms with Crippen LogP contribution >= 0.6 is 46.6 Å². The number of amides is 1. The highest BCUT2D eigenvalue weighted by Crippen LogP contribution is 2.39. The SMILES string of the molecule is O=C(CSC1=NC2(CCCCC2)N=C1c1ccc(Cl)cc1)Nc1cc(Cl)ccc1Cl. The first-order valence-electron chi connectivity index (χ1n) is 9.78. The number of thioether (sulfide) groups is 1. The van der Waals surface area contributed by atoms with Crippen LogP contribution in [0, 0.1) is 0 Å². The van der Waals surface area contributed by atoms with Gasteiger partial charge in [-0.2, -0.15) is 0 Å². The van der Waals surface area contributed by atoms with Gasteiger partial charge in [0, 0.05) is 15.6 Å². The number of halogens is 3. The number of nitrogens with zero attached hydrogens (tertiary/aromatic N) is 2. The van der Waals surface area contributed by atoms with Crippen molar-refractivity contribution < 1.29 is 4.79 Å². The second kappa shape index (κ2) is 9.31. The van der Waals surface area contributed by atoms with E-state index in [1.807, 2.05) is 24.3 Å². The summed E-state index contributed by atoms with van der Waals surface area (Å²) in [5.74, 6) is 0.0246. The first-order valence-corrected chi connectivity index (χ1v) is 11.9. The Labute approximate surface area is 195 Å². The van der Waals surface area contributed by atoms with E-state index >= 15 is 0 Å². The Morgan fingerprint density at radius 2 is 1.67 bits per heavy atom. The maximum atomic E-state index is 12.5. The molecule has 0 radical (unpaired) electrons. The number of carbonyl (C=O) groups excluding carboxylic acids is 1. The molecule has 1 heterocycles. The van der Waals surface area contributed by atoms with Crippen LogP contribution in [0.3, 0.4) is 0 Å². The van der Waals surface area contributed by atoms with E-state index in [1.54, 1.807) is 18.2 Å². The van der Waals surface area contributed by atoms with Gasteiger partial charge in [-0.3, -0.25) is 9.79 Å². The lowest BCUT2D eigenvalue weighted by Gasteiger charge is -2.27. The monoisotopic (exact) mass is 479 g/mol. The van der Waals surface area contributed by atoms with Crippen LogP contribution in [0.1, 0.15) is 37.7 Å². The van der Waals surface area contributed by atoms with Crippen molar-refractivity contribution in [2.24, 2.45) is 9.98 Å². The van der Waals surface area contributed by atoms with Crippen LogP contribution in [0.15, 0.2) is 52.4 Å². The van der Waals surface area contributed by atoms with Crippen LogP contribution in [0.2, 0.25) is 15.1 Å². The van der Waals surface area contributed by atoms with Crippen molar-refractivity contribution in [2.45, 2.75) is 37.8 Å². The molecule has 4 nitrogen and oxygen atoms in total. The van der Waals surface area contributed by atoms with Crippen molar-refractivity contribution in [3.63, 3.8) is 0 Å². The maximum Gasteiger partial charge on any atom is 0.234 e. The lowest BCUT2D eigenvalue weighted by molar-refractivity contribution is -0.113. The van der Waals surface area contributed by atoms with E-state index in [1.165, 1.54) is 18.2 Å². The van der Waals surface area contributed by atoms with Gasteiger partial charge in [0.25, 0.3) is 0 Å². The van der Waals surface area contributed by atoms with Gasteiger partial charge in [-0.15, -0.1) is 0 Å². The number of carbonyl (C=O) groups is 1. The molecule has 1 N–H and O–H groups in total. The van der Waals surface area contributed by atoms with E-state index in [2.05, 4.69) is 5.32 Å². The topological polar surface area (TPSA) is 53.8 Å². The molecular weight excluding hydrogens is 461 g/mol. The number of aliphatic imine (C=N–C) groups is 2. The molecule has 2 aliphatic rings. The van der Waals surface area contributed by atoms with Crippen LogP contribution in [0.4, 0.5) is 5.69 Å². The van der Waals surface area contributed by atoms with Crippen LogP contribution in [0.25, 0.3) is 0 Å². The molecule has 156 valence electrons. The Hall–Kier alpha value is -1.53. The third kappa shape index (κ3) is 5.02. The zero-order chi connectivity index (χ0) is 21.1. The normalized spacial score (nSPS) is 17.6. The van der Waals surface area contributed by atoms with Gasteiger partial charge < -0.3 is 5.32 Å². The Balaban J connectivity index is 1.51. The summed E-state index contributed by atoms with van der Waals surface area (Å²) in [6.45, 7) is 0. The molecular formula is C22H20Cl3N3OS. The van der Waals surface area contributed by atoms with Crippen LogP contribution in [0.5, 0.6) is 0 Å². The fraction of sp³-hybridized carbons (Fsp3) is 0.318. The van der Waals surface area contributed by atoms with Crippen molar-refractivity contribution in [2.75, 3.05) is 11.1 Å². The zero-order valence-electron chi connectivity index (χ0n) is 16.1. The average Bonchev–Trinajstić information content (AvgIpc) is 3.08. The van der Waals surface area contributed by atoms with E-state index in [9.17, 15) is 4.79 Å². The molecule has 0 aromatic heterocycles. The fourth-order valence-corrected chi connectivity index (χ4v) is 5.01. The van der Waals surface area contributed by atoms with Gasteiger partial charge >= 0.3 is 0 Å². The summed E-state index contributed by atoms with van der Waals surface area (Å²) in [6.07, 6.45) is 5.34. The van der Waals surface area contributed by atoms with Gasteiger partial charge in [0.2, 0.25) is 5.91 Å². The standard InChI is InChI=1S/C22H20Cl3N3OS/c23-15-6-4-14(5-7-15)20-21(28-22(27-20)10-2-1-3-11-22)30-13-19(29)26-18-12-16(24)8-9-17(18)25/h4-9,12H,1-3,10-11,13H2,(H,26,29). The maximum absolute atomic E-state index is 12.5. The molecule has 0 saturated heterocycles. The van der Waals surface area contributed by atoms with Crippen molar-refractivity contribution in [3.8, 4) is 0 Å². The molecule has 0 bridgehead atoms. The summed E-state index contributed by atoms with van der Waals surface area (Å²) in [5, 5.41) is 5.25. The van der Waals surface area contributed by atoms with Crippen molar-refractivity contribution in [3.05, 3.63) is 63.1 Å². The van der Waals surface area contributed by atoms with Crippen molar-refractivity contribution in [1.29, 1.82) is 0 Å². The highest BCUT2D eigenvalue weighted by Gasteiger charge is 2.37. The third-order valence-electron chi connectivity index (χ3n) is 5.15. The Morgan fingerprint density at radius 3 is 2.40 bits per heavy atom. The zero-order valence-corrected chi connectivity index (χ0v) is 19.2. The van der Waals surface area contributed by atoms with E-state index in [4.69, 9.17) is 44.8 Å². The summed E-state index contributed by atoms with van der Waals surface area (Å²) in [6, 6.07) is 12.6. The Kier molecular flexibility index (Phi) is 6.73. The number of nitrogens with one attached hydrogen (secondary N) is 1. The number of benzene rings is 2. The summed E-state index contributed by atoms with van der Waals surface area (Å²) < 4.78 is 0. The molecule has 0 unspecified atom stereocenters. The summed E-state index contributed by atoms with van der Waals surface area (Å²) in [4.78, 5) is 22.6. The van der Waals surface area contributed by atoms with Gasteiger partial charge in [-0.05, 0) is 56.0 Å². The quantitative estimate of drug-likeness (QED) is 0.518. The average molecular weight is 481 g/mol. The minimum absolute atomic E-state index is 0.174. The lowest BCUT2D eigenvalue weighted by Crippen LogP contribution is -2.25. The van der Waals surface area contributed by atoms with Crippen LogP contribution in [-0.2, 0) is 4.79 Å². The van der Waals surface area contributed by atoms with E-state index in [0.717, 1.165) is 42.0 Å². The van der Waals surface area contributed by atoms with Crippen LogP contribution < -0.4 is 5.32 Å². The molecule has 0 atom stereocenters. The largest absolute Gasteiger partial charge is 0.324 e. The molecule has 1 amide bonds. The van der Waals surface area contributed by atoms with Crippen molar-refractivity contribution in [1.82, 2.24) is 0 Å². The van der Waals surface area contributed by atoms with E-state index < -0.39 is 0 Å². The molecule has 1 spiro atoms. The molecule has 1 aliphatic heterocycles. The first kappa shape index (κ1) is 21.7. The first-order chi connectivity index (χ1) is 14.4. The minimum atomic E-state index is -0.387. The minimum Gasteiger partial charge on any atom is -0.324 e. The second-order valence-corrected chi connectivity index (χ2v) is 9.63. The highest BCUT2D eigenvalue weighted by molar-refractivity contribution is 8.16. The fourth-order valence-electron chi connectivity index (χ4n) is 3.67. The molecule has 4 rings (SSSR count). The Bertz CT molecular complexity index is 1010. The second-order valence-electron chi connectivity index (χ2n) is 7.39.